The number of carbonyl (C=O) groups excluding carboxylic acids is 1. The van der Waals surface area contributed by atoms with Crippen molar-refractivity contribution in [2.24, 2.45) is 0 Å². The van der Waals surface area contributed by atoms with Crippen molar-refractivity contribution in [1.29, 1.82) is 0 Å². The number of carbonyl (C=O) groups is 2. The van der Waals surface area contributed by atoms with Gasteiger partial charge in [0.05, 0.1) is 14.2 Å². The number of ether oxygens (including phenoxy) is 3. The van der Waals surface area contributed by atoms with Gasteiger partial charge in [0.25, 0.3) is 0 Å². The molecule has 0 bridgehead atoms. The number of nitrogens with zero attached hydrogens (tertiary/aromatic N) is 1. The minimum Gasteiger partial charge on any atom is -0.497 e. The average molecular weight is 349 g/mol. The highest BCUT2D eigenvalue weighted by Gasteiger charge is 2.26. The van der Waals surface area contributed by atoms with Crippen LogP contribution in [0.2, 0.25) is 0 Å². The van der Waals surface area contributed by atoms with E-state index < -0.39 is 5.97 Å². The molecular weight excluding hydrogens is 326 g/mol. The molecule has 0 saturated carbocycles. The van der Waals surface area contributed by atoms with E-state index in [0.29, 0.717) is 43.1 Å². The van der Waals surface area contributed by atoms with E-state index >= 15 is 0 Å². The van der Waals surface area contributed by atoms with Crippen molar-refractivity contribution in [2.45, 2.75) is 18.9 Å². The Labute approximate surface area is 146 Å². The van der Waals surface area contributed by atoms with Gasteiger partial charge in [0.15, 0.2) is 0 Å². The van der Waals surface area contributed by atoms with Crippen LogP contribution in [0.5, 0.6) is 11.5 Å². The maximum atomic E-state index is 12.5. The van der Waals surface area contributed by atoms with Crippen molar-refractivity contribution in [3.63, 3.8) is 0 Å². The summed E-state index contributed by atoms with van der Waals surface area (Å²) in [7, 11) is 3.10. The lowest BCUT2D eigenvalue weighted by atomic mass is 10.1. The quantitative estimate of drug-likeness (QED) is 0.756. The Bertz CT molecular complexity index is 636. The molecule has 0 aliphatic carbocycles. The number of hydrogen-bond acceptors (Lipinski definition) is 5. The monoisotopic (exact) mass is 349 g/mol. The van der Waals surface area contributed by atoms with Crippen LogP contribution in [0.1, 0.15) is 18.4 Å². The molecular formula is C18H23NO6. The van der Waals surface area contributed by atoms with Gasteiger partial charge in [-0.15, -0.1) is 0 Å². The van der Waals surface area contributed by atoms with Crippen molar-refractivity contribution in [3.05, 3.63) is 29.8 Å². The third-order valence-electron chi connectivity index (χ3n) is 4.07. The fourth-order valence-corrected chi connectivity index (χ4v) is 2.74. The summed E-state index contributed by atoms with van der Waals surface area (Å²) in [6.07, 6.45) is 4.27. The Kier molecular flexibility index (Phi) is 6.82. The maximum Gasteiger partial charge on any atom is 0.323 e. The van der Waals surface area contributed by atoms with E-state index in [0.717, 1.165) is 0 Å². The Balaban J connectivity index is 2.16. The second kappa shape index (κ2) is 9.08. The third kappa shape index (κ3) is 5.22. The van der Waals surface area contributed by atoms with Crippen molar-refractivity contribution in [3.8, 4) is 11.5 Å². The second-order valence-electron chi connectivity index (χ2n) is 5.64. The summed E-state index contributed by atoms with van der Waals surface area (Å²) < 4.78 is 15.7. The van der Waals surface area contributed by atoms with E-state index in [4.69, 9.17) is 19.3 Å². The normalized spacial score (nSPS) is 15.1. The molecule has 1 fully saturated rings. The Morgan fingerprint density at radius 2 is 2.00 bits per heavy atom. The van der Waals surface area contributed by atoms with Crippen LogP contribution in [-0.4, -0.2) is 61.9 Å². The van der Waals surface area contributed by atoms with Crippen LogP contribution in [0.4, 0.5) is 0 Å². The molecule has 1 saturated heterocycles. The van der Waals surface area contributed by atoms with Crippen LogP contribution in [0.3, 0.4) is 0 Å². The number of rotatable bonds is 7. The largest absolute Gasteiger partial charge is 0.497 e. The zero-order chi connectivity index (χ0) is 18.2. The predicted molar refractivity (Wildman–Crippen MR) is 91.8 cm³/mol. The average Bonchev–Trinajstić information content (AvgIpc) is 2.64. The highest BCUT2D eigenvalue weighted by atomic mass is 16.5. The number of aliphatic carboxylic acids is 1. The van der Waals surface area contributed by atoms with Gasteiger partial charge in [0.1, 0.15) is 18.0 Å². The van der Waals surface area contributed by atoms with E-state index in [1.54, 1.807) is 31.4 Å². The molecule has 1 N–H and O–H groups in total. The number of amides is 1. The highest BCUT2D eigenvalue weighted by Crippen LogP contribution is 2.25. The Morgan fingerprint density at radius 3 is 2.60 bits per heavy atom. The molecule has 1 aliphatic heterocycles. The third-order valence-corrected chi connectivity index (χ3v) is 4.07. The Morgan fingerprint density at radius 1 is 1.28 bits per heavy atom. The standard InChI is InChI=1S/C18H23NO6/c1-23-15-5-3-13(16(11-15)24-2)4-6-17(20)19(12-18(21)22)14-7-9-25-10-8-14/h3-6,11,14H,7-10,12H2,1-2H3,(H,21,22)/b6-4-. The molecule has 136 valence electrons. The molecule has 1 heterocycles. The van der Waals surface area contributed by atoms with Crippen LogP contribution >= 0.6 is 0 Å². The molecule has 0 spiro atoms. The van der Waals surface area contributed by atoms with Crippen LogP contribution in [-0.2, 0) is 14.3 Å². The first-order valence-corrected chi connectivity index (χ1v) is 8.05. The molecule has 1 aliphatic rings. The molecule has 0 unspecified atom stereocenters. The van der Waals surface area contributed by atoms with E-state index in [9.17, 15) is 9.59 Å². The van der Waals surface area contributed by atoms with Gasteiger partial charge in [-0.3, -0.25) is 9.59 Å². The first kappa shape index (κ1) is 18.8. The molecule has 1 aromatic carbocycles. The van der Waals surface area contributed by atoms with Gasteiger partial charge in [0.2, 0.25) is 5.91 Å². The van der Waals surface area contributed by atoms with E-state index in [2.05, 4.69) is 0 Å². The van der Waals surface area contributed by atoms with Crippen molar-refractivity contribution in [2.75, 3.05) is 34.0 Å². The summed E-state index contributed by atoms with van der Waals surface area (Å²) in [5, 5.41) is 9.11. The highest BCUT2D eigenvalue weighted by molar-refractivity contribution is 5.94. The van der Waals surface area contributed by atoms with Gasteiger partial charge in [-0.2, -0.15) is 0 Å². The summed E-state index contributed by atoms with van der Waals surface area (Å²) >= 11 is 0. The lowest BCUT2D eigenvalue weighted by Crippen LogP contribution is -2.45. The first-order chi connectivity index (χ1) is 12.0. The van der Waals surface area contributed by atoms with E-state index in [-0.39, 0.29) is 18.5 Å². The summed E-state index contributed by atoms with van der Waals surface area (Å²) in [6, 6.07) is 5.13. The fraction of sp³-hybridized carbons (Fsp3) is 0.444. The molecule has 2 rings (SSSR count). The van der Waals surface area contributed by atoms with Crippen LogP contribution in [0, 0.1) is 0 Å². The van der Waals surface area contributed by atoms with Gasteiger partial charge >= 0.3 is 5.97 Å². The Hall–Kier alpha value is -2.54. The lowest BCUT2D eigenvalue weighted by molar-refractivity contribution is -0.145. The number of hydrogen-bond donors (Lipinski definition) is 1. The minimum absolute atomic E-state index is 0.125. The first-order valence-electron chi connectivity index (χ1n) is 8.05. The maximum absolute atomic E-state index is 12.5. The van der Waals surface area contributed by atoms with Crippen LogP contribution in [0.25, 0.3) is 6.08 Å². The van der Waals surface area contributed by atoms with Crippen LogP contribution < -0.4 is 9.47 Å². The van der Waals surface area contributed by atoms with Gasteiger partial charge in [-0.25, -0.2) is 0 Å². The minimum atomic E-state index is -1.03. The fourth-order valence-electron chi connectivity index (χ4n) is 2.74. The van der Waals surface area contributed by atoms with Gasteiger partial charge in [-0.1, -0.05) is 0 Å². The van der Waals surface area contributed by atoms with Gasteiger partial charge in [0, 0.05) is 37.0 Å². The van der Waals surface area contributed by atoms with Crippen molar-refractivity contribution < 1.29 is 28.9 Å². The molecule has 0 radical (unpaired) electrons. The molecule has 25 heavy (non-hydrogen) atoms. The molecule has 0 aromatic heterocycles. The van der Waals surface area contributed by atoms with E-state index in [1.165, 1.54) is 18.1 Å². The zero-order valence-electron chi connectivity index (χ0n) is 14.4. The van der Waals surface area contributed by atoms with Crippen molar-refractivity contribution >= 4 is 18.0 Å². The summed E-state index contributed by atoms with van der Waals surface area (Å²) in [5.41, 5.74) is 0.707. The number of carboxylic acid groups (broad SMARTS) is 1. The molecule has 7 nitrogen and oxygen atoms in total. The lowest BCUT2D eigenvalue weighted by Gasteiger charge is -2.32. The van der Waals surface area contributed by atoms with Crippen LogP contribution in [0.15, 0.2) is 24.3 Å². The second-order valence-corrected chi connectivity index (χ2v) is 5.64. The predicted octanol–water partition coefficient (Wildman–Crippen LogP) is 1.81. The summed E-state index contributed by atoms with van der Waals surface area (Å²) in [5.74, 6) is -0.156. The molecule has 1 aromatic rings. The van der Waals surface area contributed by atoms with E-state index in [1.807, 2.05) is 0 Å². The summed E-state index contributed by atoms with van der Waals surface area (Å²) in [4.78, 5) is 25.0. The number of carboxylic acids is 1. The van der Waals surface area contributed by atoms with Gasteiger partial charge in [-0.05, 0) is 31.1 Å². The smallest absolute Gasteiger partial charge is 0.323 e. The topological polar surface area (TPSA) is 85.3 Å². The molecule has 7 heteroatoms. The summed E-state index contributed by atoms with van der Waals surface area (Å²) in [6.45, 7) is 0.738. The SMILES string of the molecule is COc1ccc(/C=C\C(=O)N(CC(=O)O)C2CCOCC2)c(OC)c1. The zero-order valence-corrected chi connectivity index (χ0v) is 14.4. The number of benzene rings is 1. The van der Waals surface area contributed by atoms with Crippen molar-refractivity contribution in [1.82, 2.24) is 4.90 Å². The number of methoxy groups -OCH3 is 2. The molecule has 1 amide bonds. The van der Waals surface area contributed by atoms with Gasteiger partial charge < -0.3 is 24.2 Å². The molecule has 0 atom stereocenters.